The Morgan fingerprint density at radius 3 is 2.58 bits per heavy atom. The zero-order valence-electron chi connectivity index (χ0n) is 13.3. The average Bonchev–Trinajstić information content (AvgIpc) is 3.04. The van der Waals surface area contributed by atoms with Crippen LogP contribution in [-0.2, 0) is 6.54 Å². The van der Waals surface area contributed by atoms with Crippen molar-refractivity contribution in [3.63, 3.8) is 0 Å². The van der Waals surface area contributed by atoms with Gasteiger partial charge < -0.3 is 5.32 Å². The van der Waals surface area contributed by atoms with Gasteiger partial charge in [-0.15, -0.1) is 5.10 Å². The number of benzene rings is 2. The van der Waals surface area contributed by atoms with Gasteiger partial charge in [0, 0.05) is 10.6 Å². The van der Waals surface area contributed by atoms with E-state index in [1.54, 1.807) is 28.9 Å². The number of halogens is 1. The van der Waals surface area contributed by atoms with Crippen LogP contribution in [0.4, 0.5) is 0 Å². The van der Waals surface area contributed by atoms with Gasteiger partial charge in [0.05, 0.1) is 12.2 Å². The molecule has 1 N–H and O–H groups in total. The second kappa shape index (κ2) is 6.80. The summed E-state index contributed by atoms with van der Waals surface area (Å²) in [5, 5.41) is 15.1. The molecule has 1 aromatic heterocycles. The van der Waals surface area contributed by atoms with Gasteiger partial charge in [-0.25, -0.2) is 0 Å². The summed E-state index contributed by atoms with van der Waals surface area (Å²) in [7, 11) is 0. The molecule has 0 fully saturated rings. The molecule has 0 spiro atoms. The molecule has 122 valence electrons. The maximum atomic E-state index is 12.2. The summed E-state index contributed by atoms with van der Waals surface area (Å²) in [6.07, 6.45) is 0. The molecule has 24 heavy (non-hydrogen) atoms. The lowest BCUT2D eigenvalue weighted by molar-refractivity contribution is 0.0949. The van der Waals surface area contributed by atoms with E-state index >= 15 is 0 Å². The van der Waals surface area contributed by atoms with Crippen molar-refractivity contribution in [3.05, 3.63) is 70.0 Å². The second-order valence-corrected chi connectivity index (χ2v) is 5.90. The minimum Gasteiger partial charge on any atom is -0.345 e. The van der Waals surface area contributed by atoms with E-state index in [2.05, 4.69) is 20.8 Å². The highest BCUT2D eigenvalue weighted by Gasteiger charge is 2.11. The van der Waals surface area contributed by atoms with Crippen molar-refractivity contribution in [1.82, 2.24) is 25.5 Å². The summed E-state index contributed by atoms with van der Waals surface area (Å²) in [6.45, 7) is 4.30. The Kier molecular flexibility index (Phi) is 4.57. The van der Waals surface area contributed by atoms with Crippen molar-refractivity contribution < 1.29 is 4.79 Å². The molecule has 0 saturated carbocycles. The van der Waals surface area contributed by atoms with Crippen molar-refractivity contribution in [2.75, 3.05) is 0 Å². The van der Waals surface area contributed by atoms with E-state index < -0.39 is 0 Å². The van der Waals surface area contributed by atoms with Gasteiger partial charge in [-0.2, -0.15) is 4.68 Å². The normalized spacial score (nSPS) is 10.6. The highest BCUT2D eigenvalue weighted by atomic mass is 35.5. The zero-order valence-corrected chi connectivity index (χ0v) is 14.1. The topological polar surface area (TPSA) is 72.7 Å². The highest BCUT2D eigenvalue weighted by Crippen LogP contribution is 2.14. The van der Waals surface area contributed by atoms with Crippen LogP contribution in [0, 0.1) is 13.8 Å². The molecule has 2 aromatic carbocycles. The predicted octanol–water partition coefficient (Wildman–Crippen LogP) is 2.86. The third kappa shape index (κ3) is 3.44. The third-order valence-corrected chi connectivity index (χ3v) is 4.03. The molecule has 0 aliphatic carbocycles. The molecule has 0 aliphatic rings. The third-order valence-electron chi connectivity index (χ3n) is 3.78. The van der Waals surface area contributed by atoms with Crippen molar-refractivity contribution in [1.29, 1.82) is 0 Å². The van der Waals surface area contributed by atoms with Crippen LogP contribution in [0.1, 0.15) is 27.3 Å². The Hall–Kier alpha value is -2.73. The fraction of sp³-hybridized carbons (Fsp3) is 0.176. The number of carbonyl (C=O) groups is 1. The first-order valence-corrected chi connectivity index (χ1v) is 7.81. The van der Waals surface area contributed by atoms with Gasteiger partial charge in [0.2, 0.25) is 0 Å². The van der Waals surface area contributed by atoms with E-state index in [1.165, 1.54) is 5.56 Å². The number of amides is 1. The quantitative estimate of drug-likeness (QED) is 0.792. The Morgan fingerprint density at radius 1 is 1.12 bits per heavy atom. The fourth-order valence-electron chi connectivity index (χ4n) is 2.24. The molecule has 0 bridgehead atoms. The highest BCUT2D eigenvalue weighted by molar-refractivity contribution is 6.30. The average molecular weight is 342 g/mol. The summed E-state index contributed by atoms with van der Waals surface area (Å²) >= 11 is 5.83. The van der Waals surface area contributed by atoms with E-state index in [4.69, 9.17) is 11.6 Å². The minimum absolute atomic E-state index is 0.207. The van der Waals surface area contributed by atoms with Crippen LogP contribution >= 0.6 is 11.6 Å². The number of rotatable bonds is 4. The maximum Gasteiger partial charge on any atom is 0.251 e. The number of aromatic nitrogens is 4. The number of carbonyl (C=O) groups excluding carboxylic acids is 1. The van der Waals surface area contributed by atoms with Gasteiger partial charge in [0.25, 0.3) is 5.91 Å². The second-order valence-electron chi connectivity index (χ2n) is 5.47. The fourth-order valence-corrected chi connectivity index (χ4v) is 2.36. The molecule has 0 radical (unpaired) electrons. The van der Waals surface area contributed by atoms with Crippen molar-refractivity contribution >= 4 is 17.5 Å². The molecule has 3 rings (SSSR count). The van der Waals surface area contributed by atoms with E-state index in [0.29, 0.717) is 16.4 Å². The van der Waals surface area contributed by atoms with E-state index in [-0.39, 0.29) is 12.5 Å². The summed E-state index contributed by atoms with van der Waals surface area (Å²) in [5.41, 5.74) is 3.74. The van der Waals surface area contributed by atoms with Crippen LogP contribution in [0.25, 0.3) is 5.69 Å². The van der Waals surface area contributed by atoms with Crippen molar-refractivity contribution in [2.45, 2.75) is 20.4 Å². The van der Waals surface area contributed by atoms with E-state index in [9.17, 15) is 4.79 Å². The summed E-state index contributed by atoms with van der Waals surface area (Å²) in [4.78, 5) is 12.2. The summed E-state index contributed by atoms with van der Waals surface area (Å²) in [6, 6.07) is 12.7. The van der Waals surface area contributed by atoms with E-state index in [0.717, 1.165) is 11.3 Å². The first-order valence-electron chi connectivity index (χ1n) is 7.43. The first kappa shape index (κ1) is 16.1. The largest absolute Gasteiger partial charge is 0.345 e. The Balaban J connectivity index is 1.75. The van der Waals surface area contributed by atoms with Crippen LogP contribution in [0.5, 0.6) is 0 Å². The minimum atomic E-state index is -0.207. The number of aryl methyl sites for hydroxylation is 2. The Labute approximate surface area is 144 Å². The number of hydrogen-bond donors (Lipinski definition) is 1. The molecule has 0 unspecified atom stereocenters. The van der Waals surface area contributed by atoms with Gasteiger partial charge >= 0.3 is 0 Å². The Morgan fingerprint density at radius 2 is 1.88 bits per heavy atom. The molecule has 7 heteroatoms. The smallest absolute Gasteiger partial charge is 0.251 e. The molecule has 3 aromatic rings. The number of tetrazole rings is 1. The van der Waals surface area contributed by atoms with Crippen LogP contribution in [-0.4, -0.2) is 26.1 Å². The lowest BCUT2D eigenvalue weighted by Crippen LogP contribution is -2.24. The van der Waals surface area contributed by atoms with Gasteiger partial charge in [0.1, 0.15) is 0 Å². The predicted molar refractivity (Wildman–Crippen MR) is 91.3 cm³/mol. The molecule has 1 heterocycles. The maximum absolute atomic E-state index is 12.2. The van der Waals surface area contributed by atoms with Gasteiger partial charge in [-0.1, -0.05) is 17.7 Å². The van der Waals surface area contributed by atoms with Crippen LogP contribution in [0.15, 0.2) is 42.5 Å². The lowest BCUT2D eigenvalue weighted by atomic mass is 10.1. The van der Waals surface area contributed by atoms with Gasteiger partial charge in [-0.3, -0.25) is 4.79 Å². The molecule has 0 saturated heterocycles. The molecule has 6 nitrogen and oxygen atoms in total. The van der Waals surface area contributed by atoms with Crippen molar-refractivity contribution in [2.24, 2.45) is 0 Å². The van der Waals surface area contributed by atoms with Crippen molar-refractivity contribution in [3.8, 4) is 5.69 Å². The monoisotopic (exact) mass is 341 g/mol. The van der Waals surface area contributed by atoms with Crippen LogP contribution in [0.3, 0.4) is 0 Å². The van der Waals surface area contributed by atoms with Gasteiger partial charge in [-0.05, 0) is 71.8 Å². The number of nitrogens with one attached hydrogen (secondary N) is 1. The number of hydrogen-bond acceptors (Lipinski definition) is 4. The zero-order chi connectivity index (χ0) is 17.1. The van der Waals surface area contributed by atoms with Gasteiger partial charge in [0.15, 0.2) is 5.82 Å². The number of nitrogens with zero attached hydrogens (tertiary/aromatic N) is 4. The summed E-state index contributed by atoms with van der Waals surface area (Å²) in [5.74, 6) is 0.349. The molecular formula is C17H16ClN5O. The Bertz CT molecular complexity index is 873. The van der Waals surface area contributed by atoms with Crippen LogP contribution < -0.4 is 5.32 Å². The molecule has 0 atom stereocenters. The standard InChI is InChI=1S/C17H16ClN5O/c1-11-3-8-15(9-12(11)2)23-16(20-21-22-23)10-19-17(24)13-4-6-14(18)7-5-13/h3-9H,10H2,1-2H3,(H,19,24). The first-order chi connectivity index (χ1) is 11.5. The molecular weight excluding hydrogens is 326 g/mol. The molecule has 0 aliphatic heterocycles. The molecule has 1 amide bonds. The van der Waals surface area contributed by atoms with Crippen LogP contribution in [0.2, 0.25) is 5.02 Å². The lowest BCUT2D eigenvalue weighted by Gasteiger charge is -2.08. The summed E-state index contributed by atoms with van der Waals surface area (Å²) < 4.78 is 1.62. The van der Waals surface area contributed by atoms with E-state index in [1.807, 2.05) is 32.0 Å². The SMILES string of the molecule is Cc1ccc(-n2nnnc2CNC(=O)c2ccc(Cl)cc2)cc1C.